The van der Waals surface area contributed by atoms with Gasteiger partial charge < -0.3 is 15.0 Å². The van der Waals surface area contributed by atoms with Gasteiger partial charge >= 0.3 is 6.03 Å². The standard InChI is InChI=1S/C9H18N2O2/c1-3-11(9(12)10-2)7-8-5-4-6-13-8/h8H,3-7H2,1-2H3,(H,10,12). The predicted octanol–water partition coefficient (Wildman–Crippen LogP) is 0.827. The number of ether oxygens (including phenoxy) is 1. The van der Waals surface area contributed by atoms with E-state index < -0.39 is 0 Å². The van der Waals surface area contributed by atoms with Crippen molar-refractivity contribution >= 4 is 6.03 Å². The molecule has 1 fully saturated rings. The molecule has 4 nitrogen and oxygen atoms in total. The van der Waals surface area contributed by atoms with Crippen LogP contribution >= 0.6 is 0 Å². The molecule has 0 bridgehead atoms. The van der Waals surface area contributed by atoms with Crippen molar-refractivity contribution in [3.8, 4) is 0 Å². The van der Waals surface area contributed by atoms with Gasteiger partial charge in [-0.25, -0.2) is 4.79 Å². The lowest BCUT2D eigenvalue weighted by atomic mass is 10.2. The van der Waals surface area contributed by atoms with Crippen molar-refractivity contribution < 1.29 is 9.53 Å². The summed E-state index contributed by atoms with van der Waals surface area (Å²) < 4.78 is 5.46. The Morgan fingerprint density at radius 2 is 2.46 bits per heavy atom. The van der Waals surface area contributed by atoms with Gasteiger partial charge in [0.05, 0.1) is 6.10 Å². The first-order valence-corrected chi connectivity index (χ1v) is 4.86. The van der Waals surface area contributed by atoms with E-state index in [0.29, 0.717) is 0 Å². The number of urea groups is 1. The fourth-order valence-corrected chi connectivity index (χ4v) is 1.55. The third kappa shape index (κ3) is 2.88. The van der Waals surface area contributed by atoms with Crippen molar-refractivity contribution in [2.24, 2.45) is 0 Å². The molecule has 1 aliphatic rings. The second kappa shape index (κ2) is 5.07. The molecule has 76 valence electrons. The Labute approximate surface area is 79.2 Å². The maximum atomic E-state index is 11.3. The number of nitrogens with one attached hydrogen (secondary N) is 1. The number of nitrogens with zero attached hydrogens (tertiary/aromatic N) is 1. The number of rotatable bonds is 3. The highest BCUT2D eigenvalue weighted by Gasteiger charge is 2.20. The van der Waals surface area contributed by atoms with Crippen molar-refractivity contribution in [2.75, 3.05) is 26.7 Å². The first kappa shape index (κ1) is 10.3. The molecule has 0 aliphatic carbocycles. The van der Waals surface area contributed by atoms with Crippen LogP contribution in [0.3, 0.4) is 0 Å². The van der Waals surface area contributed by atoms with Crippen LogP contribution in [-0.4, -0.2) is 43.8 Å². The van der Waals surface area contributed by atoms with Crippen molar-refractivity contribution in [3.05, 3.63) is 0 Å². The Balaban J connectivity index is 2.33. The van der Waals surface area contributed by atoms with Crippen molar-refractivity contribution in [2.45, 2.75) is 25.9 Å². The molecule has 0 aromatic heterocycles. The summed E-state index contributed by atoms with van der Waals surface area (Å²) in [4.78, 5) is 13.1. The first-order chi connectivity index (χ1) is 6.27. The van der Waals surface area contributed by atoms with Gasteiger partial charge in [-0.3, -0.25) is 0 Å². The minimum atomic E-state index is -0.0157. The fourth-order valence-electron chi connectivity index (χ4n) is 1.55. The normalized spacial score (nSPS) is 21.5. The zero-order valence-electron chi connectivity index (χ0n) is 8.38. The lowest BCUT2D eigenvalue weighted by molar-refractivity contribution is 0.0830. The molecular weight excluding hydrogens is 168 g/mol. The van der Waals surface area contributed by atoms with Crippen LogP contribution < -0.4 is 5.32 Å². The largest absolute Gasteiger partial charge is 0.376 e. The van der Waals surface area contributed by atoms with E-state index in [9.17, 15) is 4.79 Å². The summed E-state index contributed by atoms with van der Waals surface area (Å²) in [5.41, 5.74) is 0. The molecule has 0 radical (unpaired) electrons. The smallest absolute Gasteiger partial charge is 0.317 e. The van der Waals surface area contributed by atoms with Gasteiger partial charge in [0.15, 0.2) is 0 Å². The van der Waals surface area contributed by atoms with Gasteiger partial charge in [0.25, 0.3) is 0 Å². The monoisotopic (exact) mass is 186 g/mol. The molecule has 0 spiro atoms. The molecule has 13 heavy (non-hydrogen) atoms. The number of carbonyl (C=O) groups excluding carboxylic acids is 1. The van der Waals surface area contributed by atoms with E-state index in [4.69, 9.17) is 4.74 Å². The second-order valence-corrected chi connectivity index (χ2v) is 3.23. The summed E-state index contributed by atoms with van der Waals surface area (Å²) in [5.74, 6) is 0. The molecule has 1 aliphatic heterocycles. The van der Waals surface area contributed by atoms with Crippen LogP contribution in [0.25, 0.3) is 0 Å². The van der Waals surface area contributed by atoms with Crippen LogP contribution in [-0.2, 0) is 4.74 Å². The van der Waals surface area contributed by atoms with Crippen LogP contribution in [0.4, 0.5) is 4.79 Å². The molecule has 4 heteroatoms. The highest BCUT2D eigenvalue weighted by molar-refractivity contribution is 5.73. The topological polar surface area (TPSA) is 41.6 Å². The molecule has 1 saturated heterocycles. The SMILES string of the molecule is CCN(CC1CCCO1)C(=O)NC. The van der Waals surface area contributed by atoms with Gasteiger partial charge in [-0.2, -0.15) is 0 Å². The maximum Gasteiger partial charge on any atom is 0.317 e. The number of likely N-dealkylation sites (N-methyl/N-ethyl adjacent to an activating group) is 1. The van der Waals surface area contributed by atoms with Gasteiger partial charge in [0, 0.05) is 26.7 Å². The Morgan fingerprint density at radius 3 is 2.92 bits per heavy atom. The van der Waals surface area contributed by atoms with Gasteiger partial charge in [0.2, 0.25) is 0 Å². The van der Waals surface area contributed by atoms with Crippen LogP contribution in [0.15, 0.2) is 0 Å². The summed E-state index contributed by atoms with van der Waals surface area (Å²) in [7, 11) is 1.65. The molecule has 1 rings (SSSR count). The highest BCUT2D eigenvalue weighted by atomic mass is 16.5. The fraction of sp³-hybridized carbons (Fsp3) is 0.889. The van der Waals surface area contributed by atoms with Gasteiger partial charge in [0.1, 0.15) is 0 Å². The lowest BCUT2D eigenvalue weighted by Gasteiger charge is -2.23. The van der Waals surface area contributed by atoms with Crippen LogP contribution in [0.2, 0.25) is 0 Å². The predicted molar refractivity (Wildman–Crippen MR) is 50.7 cm³/mol. The molecule has 1 heterocycles. The van der Waals surface area contributed by atoms with Gasteiger partial charge in [-0.15, -0.1) is 0 Å². The van der Waals surface area contributed by atoms with Crippen molar-refractivity contribution in [1.82, 2.24) is 10.2 Å². The molecule has 1 unspecified atom stereocenters. The van der Waals surface area contributed by atoms with E-state index in [1.165, 1.54) is 0 Å². The third-order valence-electron chi connectivity index (χ3n) is 2.33. The average molecular weight is 186 g/mol. The summed E-state index contributed by atoms with van der Waals surface area (Å²) in [6.07, 6.45) is 2.45. The third-order valence-corrected chi connectivity index (χ3v) is 2.33. The Kier molecular flexibility index (Phi) is 4.02. The van der Waals surface area contributed by atoms with Gasteiger partial charge in [-0.1, -0.05) is 0 Å². The average Bonchev–Trinajstić information content (AvgIpc) is 2.65. The van der Waals surface area contributed by atoms with Crippen molar-refractivity contribution in [3.63, 3.8) is 0 Å². The molecule has 0 aromatic carbocycles. The molecule has 0 saturated carbocycles. The van der Waals surface area contributed by atoms with Crippen LogP contribution in [0.1, 0.15) is 19.8 Å². The molecule has 1 N–H and O–H groups in total. The zero-order valence-corrected chi connectivity index (χ0v) is 8.38. The summed E-state index contributed by atoms with van der Waals surface area (Å²) in [5, 5.41) is 2.62. The number of hydrogen-bond donors (Lipinski definition) is 1. The molecule has 2 amide bonds. The van der Waals surface area contributed by atoms with E-state index in [0.717, 1.165) is 32.5 Å². The quantitative estimate of drug-likeness (QED) is 0.709. The van der Waals surface area contributed by atoms with Gasteiger partial charge in [-0.05, 0) is 19.8 Å². The first-order valence-electron chi connectivity index (χ1n) is 4.86. The Morgan fingerprint density at radius 1 is 1.69 bits per heavy atom. The van der Waals surface area contributed by atoms with E-state index in [1.54, 1.807) is 11.9 Å². The summed E-state index contributed by atoms with van der Waals surface area (Å²) in [6.45, 7) is 4.27. The highest BCUT2D eigenvalue weighted by Crippen LogP contribution is 2.13. The molecular formula is C9H18N2O2. The zero-order chi connectivity index (χ0) is 9.68. The minimum Gasteiger partial charge on any atom is -0.376 e. The summed E-state index contributed by atoms with van der Waals surface area (Å²) in [6, 6.07) is -0.0157. The number of amides is 2. The number of carbonyl (C=O) groups is 1. The van der Waals surface area contributed by atoms with E-state index in [-0.39, 0.29) is 12.1 Å². The van der Waals surface area contributed by atoms with E-state index in [2.05, 4.69) is 5.32 Å². The Hall–Kier alpha value is -0.770. The van der Waals surface area contributed by atoms with E-state index >= 15 is 0 Å². The Bertz CT molecular complexity index is 167. The lowest BCUT2D eigenvalue weighted by Crippen LogP contribution is -2.42. The summed E-state index contributed by atoms with van der Waals surface area (Å²) >= 11 is 0. The second-order valence-electron chi connectivity index (χ2n) is 3.23. The van der Waals surface area contributed by atoms with Crippen molar-refractivity contribution in [1.29, 1.82) is 0 Å². The minimum absolute atomic E-state index is 0.0157. The van der Waals surface area contributed by atoms with Crippen LogP contribution in [0.5, 0.6) is 0 Å². The van der Waals surface area contributed by atoms with Crippen LogP contribution in [0, 0.1) is 0 Å². The number of hydrogen-bond acceptors (Lipinski definition) is 2. The molecule has 1 atom stereocenters. The maximum absolute atomic E-state index is 11.3. The van der Waals surface area contributed by atoms with E-state index in [1.807, 2.05) is 6.92 Å². The molecule has 0 aromatic rings.